The maximum absolute atomic E-state index is 12.4. The van der Waals surface area contributed by atoms with E-state index < -0.39 is 0 Å². The number of fused-ring (bicyclic) bond motifs is 1. The van der Waals surface area contributed by atoms with E-state index in [1.54, 1.807) is 17.1 Å². The summed E-state index contributed by atoms with van der Waals surface area (Å²) < 4.78 is 6.96. The molecule has 1 fully saturated rings. The Kier molecular flexibility index (Phi) is 4.68. The van der Waals surface area contributed by atoms with Gasteiger partial charge in [0.25, 0.3) is 0 Å². The first-order valence-electron chi connectivity index (χ1n) is 8.60. The highest BCUT2D eigenvalue weighted by Gasteiger charge is 2.15. The first-order valence-corrected chi connectivity index (χ1v) is 8.60. The number of ketones is 1. The molecule has 4 rings (SSSR count). The number of ether oxygens (including phenoxy) is 1. The zero-order valence-electron chi connectivity index (χ0n) is 14.6. The average molecular weight is 352 g/mol. The van der Waals surface area contributed by atoms with Gasteiger partial charge in [-0.1, -0.05) is 5.21 Å². The SMILES string of the molecule is Cn1cc(-c2cc3cc(CC(=O)CN4CCOCC4)ncc3cn2)nn1. The number of hydrogen-bond donors (Lipinski definition) is 0. The van der Waals surface area contributed by atoms with E-state index in [0.717, 1.165) is 40.9 Å². The molecule has 134 valence electrons. The highest BCUT2D eigenvalue weighted by atomic mass is 16.5. The van der Waals surface area contributed by atoms with Gasteiger partial charge < -0.3 is 4.74 Å². The minimum absolute atomic E-state index is 0.168. The first kappa shape index (κ1) is 16.7. The molecule has 1 saturated heterocycles. The highest BCUT2D eigenvalue weighted by molar-refractivity contribution is 5.87. The fourth-order valence-electron chi connectivity index (χ4n) is 3.05. The molecule has 3 aromatic rings. The van der Waals surface area contributed by atoms with E-state index in [1.807, 2.05) is 25.4 Å². The second-order valence-electron chi connectivity index (χ2n) is 6.47. The summed E-state index contributed by atoms with van der Waals surface area (Å²) in [7, 11) is 1.82. The van der Waals surface area contributed by atoms with Gasteiger partial charge in [-0.25, -0.2) is 0 Å². The van der Waals surface area contributed by atoms with Crippen molar-refractivity contribution < 1.29 is 9.53 Å². The van der Waals surface area contributed by atoms with Crippen molar-refractivity contribution >= 4 is 16.6 Å². The molecule has 0 spiro atoms. The number of pyridine rings is 2. The van der Waals surface area contributed by atoms with Crippen LogP contribution in [0.5, 0.6) is 0 Å². The lowest BCUT2D eigenvalue weighted by atomic mass is 10.1. The smallest absolute Gasteiger partial charge is 0.152 e. The van der Waals surface area contributed by atoms with Crippen LogP contribution in [-0.2, 0) is 23.0 Å². The van der Waals surface area contributed by atoms with Gasteiger partial charge in [-0.15, -0.1) is 5.10 Å². The molecule has 1 aliphatic heterocycles. The number of carbonyl (C=O) groups excluding carboxylic acids is 1. The fourth-order valence-corrected chi connectivity index (χ4v) is 3.05. The Hall–Kier alpha value is -2.71. The van der Waals surface area contributed by atoms with E-state index in [2.05, 4.69) is 25.2 Å². The summed E-state index contributed by atoms with van der Waals surface area (Å²) >= 11 is 0. The molecular weight excluding hydrogens is 332 g/mol. The van der Waals surface area contributed by atoms with Crippen LogP contribution in [0.15, 0.2) is 30.7 Å². The quantitative estimate of drug-likeness (QED) is 0.673. The summed E-state index contributed by atoms with van der Waals surface area (Å²) in [6, 6.07) is 3.91. The second-order valence-corrected chi connectivity index (χ2v) is 6.47. The monoisotopic (exact) mass is 352 g/mol. The maximum Gasteiger partial charge on any atom is 0.152 e. The van der Waals surface area contributed by atoms with Crippen molar-refractivity contribution in [1.29, 1.82) is 0 Å². The lowest BCUT2D eigenvalue weighted by Gasteiger charge is -2.25. The van der Waals surface area contributed by atoms with Crippen molar-refractivity contribution in [2.24, 2.45) is 7.05 Å². The normalized spacial score (nSPS) is 15.4. The molecule has 0 aromatic carbocycles. The van der Waals surface area contributed by atoms with E-state index in [9.17, 15) is 4.79 Å². The topological polar surface area (TPSA) is 86.0 Å². The number of nitrogens with zero attached hydrogens (tertiary/aromatic N) is 6. The molecule has 26 heavy (non-hydrogen) atoms. The van der Waals surface area contributed by atoms with Crippen LogP contribution in [0.4, 0.5) is 0 Å². The van der Waals surface area contributed by atoms with Crippen molar-refractivity contribution in [3.05, 3.63) is 36.4 Å². The summed E-state index contributed by atoms with van der Waals surface area (Å²) in [6.07, 6.45) is 5.68. The van der Waals surface area contributed by atoms with Gasteiger partial charge in [-0.3, -0.25) is 24.3 Å². The number of rotatable bonds is 5. The first-order chi connectivity index (χ1) is 12.7. The molecule has 3 aromatic heterocycles. The van der Waals surface area contributed by atoms with Crippen LogP contribution in [-0.4, -0.2) is 68.5 Å². The molecular formula is C18H20N6O2. The molecule has 0 N–H and O–H groups in total. The van der Waals surface area contributed by atoms with E-state index in [1.165, 1.54) is 0 Å². The van der Waals surface area contributed by atoms with Gasteiger partial charge in [-0.2, -0.15) is 0 Å². The summed E-state index contributed by atoms with van der Waals surface area (Å²) in [5, 5.41) is 9.96. The molecule has 8 heteroatoms. The Morgan fingerprint density at radius 1 is 1.12 bits per heavy atom. The van der Waals surface area contributed by atoms with Gasteiger partial charge in [-0.05, 0) is 17.5 Å². The van der Waals surface area contributed by atoms with Crippen molar-refractivity contribution in [1.82, 2.24) is 29.9 Å². The number of morpholine rings is 1. The Morgan fingerprint density at radius 3 is 2.69 bits per heavy atom. The van der Waals surface area contributed by atoms with Crippen molar-refractivity contribution in [2.45, 2.75) is 6.42 Å². The van der Waals surface area contributed by atoms with E-state index >= 15 is 0 Å². The summed E-state index contributed by atoms with van der Waals surface area (Å²) in [4.78, 5) is 23.3. The Bertz CT molecular complexity index is 932. The Labute approximate surface area is 150 Å². The van der Waals surface area contributed by atoms with Crippen LogP contribution in [0.25, 0.3) is 22.2 Å². The second kappa shape index (κ2) is 7.27. The Morgan fingerprint density at radius 2 is 1.92 bits per heavy atom. The van der Waals surface area contributed by atoms with Crippen LogP contribution in [0.2, 0.25) is 0 Å². The summed E-state index contributed by atoms with van der Waals surface area (Å²) in [6.45, 7) is 3.46. The van der Waals surface area contributed by atoms with E-state index in [-0.39, 0.29) is 5.78 Å². The van der Waals surface area contributed by atoms with Crippen LogP contribution in [0.1, 0.15) is 5.69 Å². The van der Waals surface area contributed by atoms with Gasteiger partial charge >= 0.3 is 0 Å². The molecule has 0 amide bonds. The van der Waals surface area contributed by atoms with Gasteiger partial charge in [0.1, 0.15) is 5.69 Å². The average Bonchev–Trinajstić information content (AvgIpc) is 3.08. The molecule has 8 nitrogen and oxygen atoms in total. The zero-order valence-corrected chi connectivity index (χ0v) is 14.6. The highest BCUT2D eigenvalue weighted by Crippen LogP contribution is 2.20. The van der Waals surface area contributed by atoms with Crippen LogP contribution in [0, 0.1) is 0 Å². The molecule has 4 heterocycles. The predicted molar refractivity (Wildman–Crippen MR) is 95.5 cm³/mol. The third-order valence-corrected chi connectivity index (χ3v) is 4.41. The van der Waals surface area contributed by atoms with Crippen LogP contribution >= 0.6 is 0 Å². The minimum atomic E-state index is 0.168. The lowest BCUT2D eigenvalue weighted by Crippen LogP contribution is -2.39. The molecule has 0 radical (unpaired) electrons. The standard InChI is InChI=1S/C18H20N6O2/c1-23-12-18(21-22-23)17-7-13-6-15(19-9-14(13)10-20-17)8-16(25)11-24-2-4-26-5-3-24/h6-7,9-10,12H,2-5,8,11H2,1H3. The van der Waals surface area contributed by atoms with E-state index in [0.29, 0.717) is 26.2 Å². The molecule has 0 unspecified atom stereocenters. The van der Waals surface area contributed by atoms with Crippen molar-refractivity contribution in [2.75, 3.05) is 32.8 Å². The van der Waals surface area contributed by atoms with Crippen molar-refractivity contribution in [3.63, 3.8) is 0 Å². The van der Waals surface area contributed by atoms with Gasteiger partial charge in [0.2, 0.25) is 0 Å². The fraction of sp³-hybridized carbons (Fsp3) is 0.389. The minimum Gasteiger partial charge on any atom is -0.379 e. The van der Waals surface area contributed by atoms with Gasteiger partial charge in [0.15, 0.2) is 5.78 Å². The van der Waals surface area contributed by atoms with Gasteiger partial charge in [0, 0.05) is 43.6 Å². The maximum atomic E-state index is 12.4. The summed E-state index contributed by atoms with van der Waals surface area (Å²) in [5.74, 6) is 0.168. The zero-order chi connectivity index (χ0) is 17.9. The number of hydrogen-bond acceptors (Lipinski definition) is 7. The number of aryl methyl sites for hydroxylation is 1. The van der Waals surface area contributed by atoms with Crippen molar-refractivity contribution in [3.8, 4) is 11.4 Å². The molecule has 0 atom stereocenters. The molecule has 1 aliphatic rings. The number of aromatic nitrogens is 5. The predicted octanol–water partition coefficient (Wildman–Crippen LogP) is 0.869. The molecule has 0 aliphatic carbocycles. The molecule has 0 saturated carbocycles. The van der Waals surface area contributed by atoms with Gasteiger partial charge in [0.05, 0.1) is 38.1 Å². The number of carbonyl (C=O) groups is 1. The van der Waals surface area contributed by atoms with E-state index in [4.69, 9.17) is 4.74 Å². The number of Topliss-reactive ketones (excluding diaryl/α,β-unsaturated/α-hetero) is 1. The third kappa shape index (κ3) is 3.76. The lowest BCUT2D eigenvalue weighted by molar-refractivity contribution is -0.120. The molecule has 0 bridgehead atoms. The van der Waals surface area contributed by atoms with Crippen LogP contribution < -0.4 is 0 Å². The van der Waals surface area contributed by atoms with Crippen LogP contribution in [0.3, 0.4) is 0 Å². The largest absolute Gasteiger partial charge is 0.379 e. The Balaban J connectivity index is 1.51. The third-order valence-electron chi connectivity index (χ3n) is 4.41. The summed E-state index contributed by atoms with van der Waals surface area (Å²) in [5.41, 5.74) is 2.24.